The molecule has 0 aliphatic carbocycles. The van der Waals surface area contributed by atoms with Gasteiger partial charge in [-0.1, -0.05) is 49.7 Å². The number of carbonyl (C=O) groups is 1. The lowest BCUT2D eigenvalue weighted by Crippen LogP contribution is -2.54. The zero-order chi connectivity index (χ0) is 36.1. The molecule has 0 unspecified atom stereocenters. The van der Waals surface area contributed by atoms with E-state index in [0.29, 0.717) is 32.7 Å². The Morgan fingerprint density at radius 3 is 2.40 bits per heavy atom. The third-order valence-corrected chi connectivity index (χ3v) is 11.8. The Morgan fingerprint density at radius 2 is 1.74 bits per heavy atom. The van der Waals surface area contributed by atoms with Crippen LogP contribution in [0.3, 0.4) is 0 Å². The zero-order valence-corrected chi connectivity index (χ0v) is 31.4. The van der Waals surface area contributed by atoms with Crippen LogP contribution in [-0.4, -0.2) is 96.8 Å². The van der Waals surface area contributed by atoms with Crippen molar-refractivity contribution in [2.24, 2.45) is 5.41 Å². The molecule has 50 heavy (non-hydrogen) atoms. The van der Waals surface area contributed by atoms with Gasteiger partial charge in [-0.3, -0.25) is 4.79 Å². The lowest BCUT2D eigenvalue weighted by Gasteiger charge is -2.45. The van der Waals surface area contributed by atoms with E-state index in [9.17, 15) is 13.2 Å². The van der Waals surface area contributed by atoms with E-state index in [4.69, 9.17) is 18.9 Å². The third kappa shape index (κ3) is 8.62. The van der Waals surface area contributed by atoms with Gasteiger partial charge < -0.3 is 28.7 Å². The van der Waals surface area contributed by atoms with Crippen molar-refractivity contribution in [3.63, 3.8) is 0 Å². The van der Waals surface area contributed by atoms with Gasteiger partial charge in [0.25, 0.3) is 0 Å². The fourth-order valence-electron chi connectivity index (χ4n) is 7.24. The largest absolute Gasteiger partial charge is 0.497 e. The van der Waals surface area contributed by atoms with Gasteiger partial charge in [0.1, 0.15) is 18.1 Å². The molecule has 3 atom stereocenters. The highest BCUT2D eigenvalue weighted by atomic mass is 32.2. The van der Waals surface area contributed by atoms with Crippen molar-refractivity contribution in [2.75, 3.05) is 66.1 Å². The van der Waals surface area contributed by atoms with E-state index in [1.165, 1.54) is 0 Å². The van der Waals surface area contributed by atoms with Crippen molar-refractivity contribution in [3.05, 3.63) is 83.4 Å². The van der Waals surface area contributed by atoms with E-state index in [2.05, 4.69) is 11.0 Å². The van der Waals surface area contributed by atoms with E-state index in [0.717, 1.165) is 53.4 Å². The number of nitrogens with zero attached hydrogens (tertiary/aromatic N) is 3. The molecular weight excluding hydrogens is 655 g/mol. The molecule has 272 valence electrons. The highest BCUT2D eigenvalue weighted by Gasteiger charge is 2.46. The lowest BCUT2D eigenvalue weighted by molar-refractivity contribution is -0.139. The predicted octanol–water partition coefficient (Wildman–Crippen LogP) is 5.88. The molecule has 1 fully saturated rings. The van der Waals surface area contributed by atoms with Gasteiger partial charge in [0.15, 0.2) is 0 Å². The van der Waals surface area contributed by atoms with Crippen molar-refractivity contribution in [1.82, 2.24) is 9.21 Å². The Labute approximate surface area is 298 Å². The minimum Gasteiger partial charge on any atom is -0.497 e. The SMILES string of the molecule is COCCCN1CCOc2ccc(CO[C@H]3CN(S(=O)(=O)c4ccc(C)cc4)[C@H](CC(C)(C)C(=O)N(C)C)C[C@@H]3c3ccc(OC)cc3)cc21. The monoisotopic (exact) mass is 707 g/mol. The number of methoxy groups -OCH3 is 2. The van der Waals surface area contributed by atoms with Crippen molar-refractivity contribution >= 4 is 21.6 Å². The Kier molecular flexibility index (Phi) is 12.1. The molecule has 0 saturated carbocycles. The van der Waals surface area contributed by atoms with Crippen LogP contribution in [0.1, 0.15) is 55.7 Å². The Morgan fingerprint density at radius 1 is 1.02 bits per heavy atom. The molecule has 3 aromatic rings. The van der Waals surface area contributed by atoms with Crippen LogP contribution in [0.25, 0.3) is 0 Å². The summed E-state index contributed by atoms with van der Waals surface area (Å²) in [5.41, 5.74) is 3.22. The number of aryl methyl sites for hydroxylation is 1. The van der Waals surface area contributed by atoms with Gasteiger partial charge in [-0.2, -0.15) is 4.31 Å². The third-order valence-electron chi connectivity index (χ3n) is 9.87. The molecular formula is C39H53N3O7S. The summed E-state index contributed by atoms with van der Waals surface area (Å²) in [6.45, 7) is 9.14. The Balaban J connectivity index is 1.49. The smallest absolute Gasteiger partial charge is 0.243 e. The predicted molar refractivity (Wildman–Crippen MR) is 196 cm³/mol. The van der Waals surface area contributed by atoms with Crippen molar-refractivity contribution < 1.29 is 32.2 Å². The molecule has 0 spiro atoms. The first-order chi connectivity index (χ1) is 23.8. The maximum absolute atomic E-state index is 14.5. The van der Waals surface area contributed by atoms with Crippen LogP contribution >= 0.6 is 0 Å². The first-order valence-electron chi connectivity index (χ1n) is 17.4. The van der Waals surface area contributed by atoms with Gasteiger partial charge in [-0.15, -0.1) is 0 Å². The summed E-state index contributed by atoms with van der Waals surface area (Å²) in [6, 6.07) is 20.6. The fourth-order valence-corrected chi connectivity index (χ4v) is 8.88. The molecule has 11 heteroatoms. The number of carbonyl (C=O) groups excluding carboxylic acids is 1. The molecule has 0 N–H and O–H groups in total. The quantitative estimate of drug-likeness (QED) is 0.192. The topological polar surface area (TPSA) is 97.8 Å². The van der Waals surface area contributed by atoms with Crippen molar-refractivity contribution in [1.29, 1.82) is 0 Å². The fraction of sp³-hybridized carbons (Fsp3) is 0.513. The van der Waals surface area contributed by atoms with Gasteiger partial charge >= 0.3 is 0 Å². The van der Waals surface area contributed by atoms with Crippen LogP contribution in [0.5, 0.6) is 11.5 Å². The van der Waals surface area contributed by atoms with E-state index in [-0.39, 0.29) is 23.3 Å². The number of piperidine rings is 1. The standard InChI is InChI=1S/C39H53N3O7S/c1-28-9-16-33(17-10-28)50(44,45)42-26-37(49-27-29-11-18-36-35(23-29)41(20-22-48-36)19-8-21-46-6)34(30-12-14-32(47-7)15-13-30)24-31(42)25-39(2,3)38(43)40(4)5/h9-18,23,31,34,37H,8,19-22,24-27H2,1-7H3/t31-,34+,37-/m0/s1. The number of fused-ring (bicyclic) bond motifs is 1. The minimum atomic E-state index is -3.93. The van der Waals surface area contributed by atoms with E-state index in [1.807, 2.05) is 69.3 Å². The maximum atomic E-state index is 14.5. The second kappa shape index (κ2) is 16.1. The number of ether oxygens (including phenoxy) is 4. The Bertz CT molecular complexity index is 1690. The highest BCUT2D eigenvalue weighted by molar-refractivity contribution is 7.89. The van der Waals surface area contributed by atoms with Gasteiger partial charge in [0, 0.05) is 58.3 Å². The summed E-state index contributed by atoms with van der Waals surface area (Å²) in [5.74, 6) is 1.41. The van der Waals surface area contributed by atoms with Gasteiger partial charge in [0.05, 0.1) is 36.9 Å². The number of hydrogen-bond donors (Lipinski definition) is 0. The van der Waals surface area contributed by atoms with Crippen molar-refractivity contribution in [3.8, 4) is 11.5 Å². The molecule has 2 aliphatic heterocycles. The number of benzene rings is 3. The molecule has 2 aliphatic rings. The average Bonchev–Trinajstić information content (AvgIpc) is 3.10. The molecule has 0 aromatic heterocycles. The summed E-state index contributed by atoms with van der Waals surface area (Å²) in [5, 5.41) is 0. The van der Waals surface area contributed by atoms with Crippen LogP contribution in [-0.2, 0) is 30.9 Å². The molecule has 10 nitrogen and oxygen atoms in total. The lowest BCUT2D eigenvalue weighted by atomic mass is 9.77. The molecule has 2 heterocycles. The summed E-state index contributed by atoms with van der Waals surface area (Å²) >= 11 is 0. The number of amides is 1. The second-order valence-electron chi connectivity index (χ2n) is 14.3. The van der Waals surface area contributed by atoms with Crippen LogP contribution in [0, 0.1) is 12.3 Å². The van der Waals surface area contributed by atoms with E-state index < -0.39 is 27.6 Å². The molecule has 0 radical (unpaired) electrons. The molecule has 3 aromatic carbocycles. The molecule has 1 amide bonds. The Hall–Kier alpha value is -3.64. The zero-order valence-electron chi connectivity index (χ0n) is 30.6. The van der Waals surface area contributed by atoms with Crippen LogP contribution in [0.15, 0.2) is 71.6 Å². The normalized spacial score (nSPS) is 19.8. The van der Waals surface area contributed by atoms with E-state index >= 15 is 0 Å². The summed E-state index contributed by atoms with van der Waals surface area (Å²) < 4.78 is 54.0. The van der Waals surface area contributed by atoms with Gasteiger partial charge in [-0.25, -0.2) is 8.42 Å². The number of anilines is 1. The number of sulfonamides is 1. The molecule has 1 saturated heterocycles. The summed E-state index contributed by atoms with van der Waals surface area (Å²) in [4.78, 5) is 17.5. The van der Waals surface area contributed by atoms with Crippen LogP contribution < -0.4 is 14.4 Å². The van der Waals surface area contributed by atoms with Crippen molar-refractivity contribution in [2.45, 2.75) is 69.6 Å². The van der Waals surface area contributed by atoms with Gasteiger partial charge in [0.2, 0.25) is 15.9 Å². The van der Waals surface area contributed by atoms with Crippen LogP contribution in [0.4, 0.5) is 5.69 Å². The minimum absolute atomic E-state index is 0.0443. The van der Waals surface area contributed by atoms with Crippen LogP contribution in [0.2, 0.25) is 0 Å². The highest BCUT2D eigenvalue weighted by Crippen LogP contribution is 2.42. The number of rotatable bonds is 14. The second-order valence-corrected chi connectivity index (χ2v) is 16.2. The average molecular weight is 708 g/mol. The first kappa shape index (κ1) is 37.6. The van der Waals surface area contributed by atoms with Gasteiger partial charge in [-0.05, 0) is 73.7 Å². The summed E-state index contributed by atoms with van der Waals surface area (Å²) in [6.07, 6.45) is 1.29. The molecule has 0 bridgehead atoms. The molecule has 5 rings (SSSR count). The van der Waals surface area contributed by atoms with E-state index in [1.54, 1.807) is 49.7 Å². The number of hydrogen-bond acceptors (Lipinski definition) is 8. The summed E-state index contributed by atoms with van der Waals surface area (Å²) in [7, 11) is 2.89. The first-order valence-corrected chi connectivity index (χ1v) is 18.8. The maximum Gasteiger partial charge on any atom is 0.243 e.